The number of aliphatic hydroxyl groups excluding tert-OH is 2. The fourth-order valence-corrected chi connectivity index (χ4v) is 5.92. The predicted octanol–water partition coefficient (Wildman–Crippen LogP) is 11.8. The lowest BCUT2D eigenvalue weighted by atomic mass is 9.90. The van der Waals surface area contributed by atoms with Crippen molar-refractivity contribution in [3.63, 3.8) is 0 Å². The molecule has 244 valence electrons. The van der Waals surface area contributed by atoms with E-state index in [1.54, 1.807) is 0 Å². The van der Waals surface area contributed by atoms with Gasteiger partial charge in [0.1, 0.15) is 12.7 Å². The summed E-state index contributed by atoms with van der Waals surface area (Å²) in [6.07, 6.45) is 41.5. The minimum atomic E-state index is -0.835. The lowest BCUT2D eigenvalue weighted by Gasteiger charge is -2.17. The van der Waals surface area contributed by atoms with Crippen molar-refractivity contribution >= 4 is 17.3 Å². The number of unbranched alkanes of at least 4 members (excludes halogenated alkanes) is 20. The van der Waals surface area contributed by atoms with Gasteiger partial charge in [-0.05, 0) is 56.7 Å². The Labute approximate surface area is 262 Å². The zero-order valence-corrected chi connectivity index (χ0v) is 28.6. The Morgan fingerprint density at radius 2 is 0.976 bits per heavy atom. The molecule has 0 aromatic carbocycles. The second-order valence-corrected chi connectivity index (χ2v) is 13.1. The van der Waals surface area contributed by atoms with Crippen molar-refractivity contribution in [2.75, 3.05) is 13.2 Å². The van der Waals surface area contributed by atoms with E-state index in [0.717, 1.165) is 18.8 Å². The maximum absolute atomic E-state index is 9.46. The van der Waals surface area contributed by atoms with Crippen molar-refractivity contribution in [3.05, 3.63) is 12.2 Å². The first-order valence-electron chi connectivity index (χ1n) is 18.2. The van der Waals surface area contributed by atoms with Crippen molar-refractivity contribution in [1.29, 1.82) is 0 Å². The Morgan fingerprint density at radius 1 is 0.585 bits per heavy atom. The van der Waals surface area contributed by atoms with Crippen LogP contribution in [0.3, 0.4) is 0 Å². The highest BCUT2D eigenvalue weighted by atomic mass is 32.1. The van der Waals surface area contributed by atoms with Crippen LogP contribution in [0.2, 0.25) is 0 Å². The summed E-state index contributed by atoms with van der Waals surface area (Å²) in [7, 11) is 0. The zero-order valence-electron chi connectivity index (χ0n) is 27.7. The molecule has 0 bridgehead atoms. The van der Waals surface area contributed by atoms with Gasteiger partial charge in [0.2, 0.25) is 0 Å². The summed E-state index contributed by atoms with van der Waals surface area (Å²) in [5.74, 6) is 0.808. The first-order valence-corrected chi connectivity index (χ1v) is 18.6. The molecule has 0 fully saturated rings. The summed E-state index contributed by atoms with van der Waals surface area (Å²) in [5.41, 5.74) is 0. The summed E-state index contributed by atoms with van der Waals surface area (Å²) in [4.78, 5) is 0. The molecule has 0 aromatic rings. The van der Waals surface area contributed by atoms with Gasteiger partial charge >= 0.3 is 0 Å². The molecule has 0 spiro atoms. The lowest BCUT2D eigenvalue weighted by Crippen LogP contribution is -2.21. The Morgan fingerprint density at radius 3 is 1.41 bits per heavy atom. The van der Waals surface area contributed by atoms with Gasteiger partial charge in [0, 0.05) is 6.42 Å². The van der Waals surface area contributed by atoms with E-state index in [-0.39, 0.29) is 13.2 Å². The molecule has 0 aliphatic rings. The van der Waals surface area contributed by atoms with Crippen LogP contribution in [0.1, 0.15) is 194 Å². The number of hydrogen-bond donors (Lipinski definition) is 2. The van der Waals surface area contributed by atoms with Crippen LogP contribution in [0, 0.1) is 5.92 Å². The van der Waals surface area contributed by atoms with E-state index in [1.807, 2.05) is 0 Å². The smallest absolute Gasteiger partial charge is 0.159 e. The summed E-state index contributed by atoms with van der Waals surface area (Å²) >= 11 is 5.34. The molecule has 0 aliphatic carbocycles. The standard InChI is InChI=1S/C37H72O3S/c1-3-5-7-9-11-13-14-15-16-17-18-19-21-23-25-27-30-35(29-26-24-22-20-12-10-8-6-4-2)31-28-32-37(41)40-34-36(39)33-38/h15-16,35-36,38-39H,3-14,17-34H2,1-2H3/b16-15-. The number of rotatable bonds is 33. The Balaban J connectivity index is 3.98. The molecule has 2 N–H and O–H groups in total. The van der Waals surface area contributed by atoms with E-state index in [1.165, 1.54) is 167 Å². The van der Waals surface area contributed by atoms with Crippen molar-refractivity contribution in [1.82, 2.24) is 0 Å². The molecule has 0 heterocycles. The fraction of sp³-hybridized carbons (Fsp3) is 0.919. The topological polar surface area (TPSA) is 49.7 Å². The molecule has 0 aliphatic heterocycles. The van der Waals surface area contributed by atoms with Crippen molar-refractivity contribution < 1.29 is 14.9 Å². The Bertz CT molecular complexity index is 550. The van der Waals surface area contributed by atoms with Crippen LogP contribution in [0.15, 0.2) is 12.2 Å². The number of ether oxygens (including phenoxy) is 1. The SMILES string of the molecule is CCCCCCCC/C=C\CCCCCCCCC(CCCCCCCCCCC)CCCC(=S)OCC(O)CO. The van der Waals surface area contributed by atoms with Crippen LogP contribution >= 0.6 is 12.2 Å². The van der Waals surface area contributed by atoms with E-state index < -0.39 is 6.10 Å². The maximum atomic E-state index is 9.46. The highest BCUT2D eigenvalue weighted by Gasteiger charge is 2.11. The van der Waals surface area contributed by atoms with Gasteiger partial charge in [0.15, 0.2) is 5.05 Å². The first-order chi connectivity index (χ1) is 20.1. The van der Waals surface area contributed by atoms with E-state index in [9.17, 15) is 5.11 Å². The highest BCUT2D eigenvalue weighted by Crippen LogP contribution is 2.24. The molecule has 0 aromatic heterocycles. The summed E-state index contributed by atoms with van der Waals surface area (Å²) in [5, 5.41) is 19.0. The van der Waals surface area contributed by atoms with Gasteiger partial charge in [-0.25, -0.2) is 0 Å². The largest absolute Gasteiger partial charge is 0.484 e. The highest BCUT2D eigenvalue weighted by molar-refractivity contribution is 7.80. The van der Waals surface area contributed by atoms with E-state index >= 15 is 0 Å². The molecule has 41 heavy (non-hydrogen) atoms. The van der Waals surface area contributed by atoms with Crippen LogP contribution in [-0.4, -0.2) is 34.6 Å². The van der Waals surface area contributed by atoms with Crippen molar-refractivity contribution in [2.24, 2.45) is 5.92 Å². The quantitative estimate of drug-likeness (QED) is 0.0449. The van der Waals surface area contributed by atoms with Gasteiger partial charge in [-0.1, -0.05) is 161 Å². The fourth-order valence-electron chi connectivity index (χ4n) is 5.71. The molecule has 2 atom stereocenters. The molecule has 0 rings (SSSR count). The molecule has 0 amide bonds. The average Bonchev–Trinajstić information content (AvgIpc) is 2.98. The second kappa shape index (κ2) is 34.0. The average molecular weight is 597 g/mol. The number of aliphatic hydroxyl groups is 2. The molecular weight excluding hydrogens is 524 g/mol. The van der Waals surface area contributed by atoms with Gasteiger partial charge in [-0.3, -0.25) is 0 Å². The van der Waals surface area contributed by atoms with Gasteiger partial charge in [-0.15, -0.1) is 0 Å². The van der Waals surface area contributed by atoms with E-state index in [0.29, 0.717) is 5.05 Å². The zero-order chi connectivity index (χ0) is 30.1. The first kappa shape index (κ1) is 40.5. The molecule has 4 heteroatoms. The molecule has 0 radical (unpaired) electrons. The molecule has 0 saturated carbocycles. The third-order valence-electron chi connectivity index (χ3n) is 8.48. The molecule has 2 unspecified atom stereocenters. The minimum absolute atomic E-state index is 0.104. The summed E-state index contributed by atoms with van der Waals surface area (Å²) < 4.78 is 5.45. The molecular formula is C37H72O3S. The van der Waals surface area contributed by atoms with E-state index in [2.05, 4.69) is 26.0 Å². The van der Waals surface area contributed by atoms with Gasteiger partial charge in [-0.2, -0.15) is 0 Å². The predicted molar refractivity (Wildman–Crippen MR) is 185 cm³/mol. The third-order valence-corrected chi connectivity index (χ3v) is 8.80. The monoisotopic (exact) mass is 597 g/mol. The second-order valence-electron chi connectivity index (χ2n) is 12.6. The van der Waals surface area contributed by atoms with E-state index in [4.69, 9.17) is 22.1 Å². The van der Waals surface area contributed by atoms with Crippen LogP contribution in [0.5, 0.6) is 0 Å². The van der Waals surface area contributed by atoms with Crippen LogP contribution in [0.25, 0.3) is 0 Å². The lowest BCUT2D eigenvalue weighted by molar-refractivity contribution is 0.0498. The normalized spacial score (nSPS) is 13.2. The van der Waals surface area contributed by atoms with Crippen LogP contribution in [0.4, 0.5) is 0 Å². The van der Waals surface area contributed by atoms with Gasteiger partial charge in [0.05, 0.1) is 6.61 Å². The Kier molecular flexibility index (Phi) is 33.7. The number of hydrogen-bond acceptors (Lipinski definition) is 4. The minimum Gasteiger partial charge on any atom is -0.484 e. The van der Waals surface area contributed by atoms with Crippen LogP contribution < -0.4 is 0 Å². The van der Waals surface area contributed by atoms with Gasteiger partial charge < -0.3 is 14.9 Å². The van der Waals surface area contributed by atoms with Crippen molar-refractivity contribution in [2.45, 2.75) is 200 Å². The van der Waals surface area contributed by atoms with Gasteiger partial charge in [0.25, 0.3) is 0 Å². The summed E-state index contributed by atoms with van der Waals surface area (Å²) in [6, 6.07) is 0. The third kappa shape index (κ3) is 32.3. The van der Waals surface area contributed by atoms with Crippen LogP contribution in [-0.2, 0) is 4.74 Å². The number of allylic oxidation sites excluding steroid dienone is 2. The van der Waals surface area contributed by atoms with Crippen molar-refractivity contribution in [3.8, 4) is 0 Å². The molecule has 3 nitrogen and oxygen atoms in total. The summed E-state index contributed by atoms with van der Waals surface area (Å²) in [6.45, 7) is 4.40. The number of thiocarbonyl (C=S) groups is 1. The maximum Gasteiger partial charge on any atom is 0.159 e. The Hall–Kier alpha value is -0.450. The molecule has 0 saturated heterocycles.